The molecular formula is C23H24BN3O3. The van der Waals surface area contributed by atoms with Gasteiger partial charge in [0.2, 0.25) is 0 Å². The first-order chi connectivity index (χ1) is 14.3. The highest BCUT2D eigenvalue weighted by Gasteiger charge is 2.51. The van der Waals surface area contributed by atoms with Crippen molar-refractivity contribution in [2.45, 2.75) is 45.4 Å². The molecule has 5 rings (SSSR count). The van der Waals surface area contributed by atoms with Gasteiger partial charge in [0.1, 0.15) is 17.4 Å². The third-order valence-electron chi connectivity index (χ3n) is 6.12. The lowest BCUT2D eigenvalue weighted by molar-refractivity contribution is 0.00578. The van der Waals surface area contributed by atoms with Crippen LogP contribution in [0.2, 0.25) is 0 Å². The molecule has 2 aromatic carbocycles. The van der Waals surface area contributed by atoms with Gasteiger partial charge in [-0.25, -0.2) is 9.97 Å². The van der Waals surface area contributed by atoms with E-state index < -0.39 is 0 Å². The number of benzene rings is 2. The van der Waals surface area contributed by atoms with Gasteiger partial charge in [-0.2, -0.15) is 0 Å². The lowest BCUT2D eigenvalue weighted by Crippen LogP contribution is -2.41. The van der Waals surface area contributed by atoms with Crippen LogP contribution >= 0.6 is 0 Å². The van der Waals surface area contributed by atoms with Gasteiger partial charge >= 0.3 is 7.12 Å². The third kappa shape index (κ3) is 3.14. The molecule has 0 spiro atoms. The Labute approximate surface area is 175 Å². The second-order valence-electron chi connectivity index (χ2n) is 8.68. The van der Waals surface area contributed by atoms with Crippen molar-refractivity contribution in [2.75, 3.05) is 5.32 Å². The Morgan fingerprint density at radius 3 is 2.33 bits per heavy atom. The molecule has 0 unspecified atom stereocenters. The van der Waals surface area contributed by atoms with Crippen molar-refractivity contribution in [1.82, 2.24) is 9.97 Å². The number of hydrogen-bond acceptors (Lipinski definition) is 6. The highest BCUT2D eigenvalue weighted by atomic mass is 16.7. The van der Waals surface area contributed by atoms with Gasteiger partial charge in [-0.05, 0) is 50.9 Å². The highest BCUT2D eigenvalue weighted by Crippen LogP contribution is 2.36. The van der Waals surface area contributed by atoms with E-state index in [4.69, 9.17) is 13.7 Å². The van der Waals surface area contributed by atoms with E-state index in [1.54, 1.807) is 6.33 Å². The number of furan rings is 1. The monoisotopic (exact) mass is 401 g/mol. The maximum Gasteiger partial charge on any atom is 0.494 e. The largest absolute Gasteiger partial charge is 0.494 e. The molecule has 0 aliphatic carbocycles. The van der Waals surface area contributed by atoms with Crippen LogP contribution in [-0.4, -0.2) is 28.3 Å². The van der Waals surface area contributed by atoms with Gasteiger partial charge in [0.05, 0.1) is 11.2 Å². The zero-order valence-corrected chi connectivity index (χ0v) is 17.6. The number of hydrogen-bond donors (Lipinski definition) is 1. The molecule has 2 aromatic heterocycles. The van der Waals surface area contributed by atoms with Crippen LogP contribution in [0.4, 0.5) is 5.82 Å². The summed E-state index contributed by atoms with van der Waals surface area (Å²) in [5.74, 6) is 0.686. The van der Waals surface area contributed by atoms with Gasteiger partial charge in [0.25, 0.3) is 0 Å². The zero-order valence-electron chi connectivity index (χ0n) is 17.6. The molecule has 4 aromatic rings. The average Bonchev–Trinajstić information content (AvgIpc) is 3.21. The Kier molecular flexibility index (Phi) is 4.34. The summed E-state index contributed by atoms with van der Waals surface area (Å²) in [4.78, 5) is 8.77. The topological polar surface area (TPSA) is 69.4 Å². The van der Waals surface area contributed by atoms with Gasteiger partial charge in [0.15, 0.2) is 11.4 Å². The highest BCUT2D eigenvalue weighted by molar-refractivity contribution is 6.62. The van der Waals surface area contributed by atoms with Crippen LogP contribution in [0.1, 0.15) is 33.3 Å². The summed E-state index contributed by atoms with van der Waals surface area (Å²) < 4.78 is 18.2. The minimum absolute atomic E-state index is 0.344. The van der Waals surface area contributed by atoms with Gasteiger partial charge < -0.3 is 19.0 Å². The first-order valence-corrected chi connectivity index (χ1v) is 10.1. The van der Waals surface area contributed by atoms with Crippen LogP contribution in [0.5, 0.6) is 0 Å². The van der Waals surface area contributed by atoms with Crippen molar-refractivity contribution >= 4 is 40.5 Å². The molecule has 1 fully saturated rings. The summed E-state index contributed by atoms with van der Waals surface area (Å²) in [6.07, 6.45) is 1.56. The number of nitrogens with one attached hydrogen (secondary N) is 1. The number of para-hydroxylation sites is 1. The standard InChI is InChI=1S/C23H24BN3O3/c1-22(2)23(3,4)30-24(29-22)16-11-9-15(10-12-16)13-25-21-20-19(26-14-27-21)17-7-5-6-8-18(17)28-20/h5-12,14H,13H2,1-4H3,(H,25,26,27). The lowest BCUT2D eigenvalue weighted by atomic mass is 9.79. The molecule has 1 saturated heterocycles. The molecule has 1 aliphatic heterocycles. The summed E-state index contributed by atoms with van der Waals surface area (Å²) in [5, 5.41) is 4.36. The Bertz CT molecular complexity index is 1200. The summed E-state index contributed by atoms with van der Waals surface area (Å²) in [6.45, 7) is 8.86. The number of fused-ring (bicyclic) bond motifs is 3. The minimum atomic E-state index is -0.353. The average molecular weight is 401 g/mol. The van der Waals surface area contributed by atoms with Crippen molar-refractivity contribution in [3.63, 3.8) is 0 Å². The molecular weight excluding hydrogens is 377 g/mol. The zero-order chi connectivity index (χ0) is 20.9. The first-order valence-electron chi connectivity index (χ1n) is 10.1. The van der Waals surface area contributed by atoms with Crippen molar-refractivity contribution in [3.8, 4) is 0 Å². The van der Waals surface area contributed by atoms with Gasteiger partial charge in [-0.1, -0.05) is 36.4 Å². The van der Waals surface area contributed by atoms with Crippen LogP contribution in [-0.2, 0) is 15.9 Å². The van der Waals surface area contributed by atoms with E-state index in [-0.39, 0.29) is 18.3 Å². The molecule has 0 amide bonds. The van der Waals surface area contributed by atoms with E-state index in [9.17, 15) is 0 Å². The normalized spacial score (nSPS) is 17.7. The molecule has 0 radical (unpaired) electrons. The number of rotatable bonds is 4. The fraction of sp³-hybridized carbons (Fsp3) is 0.304. The Balaban J connectivity index is 1.33. The summed E-state index contributed by atoms with van der Waals surface area (Å²) in [7, 11) is -0.353. The van der Waals surface area contributed by atoms with Crippen LogP contribution in [0, 0.1) is 0 Å². The lowest BCUT2D eigenvalue weighted by Gasteiger charge is -2.32. The fourth-order valence-corrected chi connectivity index (χ4v) is 3.61. The van der Waals surface area contributed by atoms with Crippen LogP contribution < -0.4 is 10.8 Å². The fourth-order valence-electron chi connectivity index (χ4n) is 3.61. The molecule has 1 N–H and O–H groups in total. The van der Waals surface area contributed by atoms with E-state index in [1.165, 1.54) is 0 Å². The van der Waals surface area contributed by atoms with E-state index >= 15 is 0 Å². The van der Waals surface area contributed by atoms with Crippen LogP contribution in [0.3, 0.4) is 0 Å². The number of aromatic nitrogens is 2. The Morgan fingerprint density at radius 2 is 1.60 bits per heavy atom. The SMILES string of the molecule is CC1(C)OB(c2ccc(CNc3ncnc4c3oc3ccccc34)cc2)OC1(C)C. The quantitative estimate of drug-likeness (QED) is 0.515. The van der Waals surface area contributed by atoms with E-state index in [2.05, 4.69) is 67.2 Å². The molecule has 152 valence electrons. The van der Waals surface area contributed by atoms with Crippen molar-refractivity contribution < 1.29 is 13.7 Å². The maximum atomic E-state index is 6.13. The summed E-state index contributed by atoms with van der Waals surface area (Å²) in [6, 6.07) is 16.1. The van der Waals surface area contributed by atoms with Crippen molar-refractivity contribution in [1.29, 1.82) is 0 Å². The smallest absolute Gasteiger partial charge is 0.450 e. The second kappa shape index (κ2) is 6.82. The molecule has 0 saturated carbocycles. The third-order valence-corrected chi connectivity index (χ3v) is 6.12. The van der Waals surface area contributed by atoms with Gasteiger partial charge in [-0.15, -0.1) is 0 Å². The van der Waals surface area contributed by atoms with Gasteiger partial charge in [0, 0.05) is 11.9 Å². The summed E-state index contributed by atoms with van der Waals surface area (Å²) >= 11 is 0. The van der Waals surface area contributed by atoms with Gasteiger partial charge in [-0.3, -0.25) is 0 Å². The number of anilines is 1. The molecule has 6 nitrogen and oxygen atoms in total. The molecule has 3 heterocycles. The Morgan fingerprint density at radius 1 is 0.900 bits per heavy atom. The predicted molar refractivity (Wildman–Crippen MR) is 119 cm³/mol. The molecule has 7 heteroatoms. The Hall–Kier alpha value is -2.90. The van der Waals surface area contributed by atoms with Crippen molar-refractivity contribution in [2.24, 2.45) is 0 Å². The number of nitrogens with zero attached hydrogens (tertiary/aromatic N) is 2. The first kappa shape index (κ1) is 19.1. The predicted octanol–water partition coefficient (Wildman–Crippen LogP) is 4.29. The van der Waals surface area contributed by atoms with E-state index in [0.717, 1.165) is 27.5 Å². The summed E-state index contributed by atoms with van der Waals surface area (Å²) in [5.41, 5.74) is 3.75. The second-order valence-corrected chi connectivity index (χ2v) is 8.68. The van der Waals surface area contributed by atoms with Crippen molar-refractivity contribution in [3.05, 3.63) is 60.4 Å². The van der Waals surface area contributed by atoms with E-state index in [0.29, 0.717) is 17.9 Å². The van der Waals surface area contributed by atoms with Crippen LogP contribution in [0.25, 0.3) is 22.1 Å². The minimum Gasteiger partial charge on any atom is -0.450 e. The molecule has 0 atom stereocenters. The molecule has 0 bridgehead atoms. The maximum absolute atomic E-state index is 6.13. The molecule has 1 aliphatic rings. The van der Waals surface area contributed by atoms with E-state index in [1.807, 2.05) is 24.3 Å². The van der Waals surface area contributed by atoms with Crippen LogP contribution in [0.15, 0.2) is 59.3 Å². The molecule has 30 heavy (non-hydrogen) atoms.